The highest BCUT2D eigenvalue weighted by Crippen LogP contribution is 2.35. The first-order chi connectivity index (χ1) is 8.80. The third-order valence-corrected chi connectivity index (χ3v) is 4.59. The highest BCUT2D eigenvalue weighted by Gasteiger charge is 2.27. The Hall–Kier alpha value is -1.82. The third-order valence-electron chi connectivity index (χ3n) is 3.08. The molecule has 2 rings (SSSR count). The minimum Gasteiger partial charge on any atom is -0.367 e. The summed E-state index contributed by atoms with van der Waals surface area (Å²) < 4.78 is 28.3. The van der Waals surface area contributed by atoms with Crippen LogP contribution in [-0.2, 0) is 9.84 Å². The number of anilines is 1. The van der Waals surface area contributed by atoms with E-state index in [1.54, 1.807) is 6.92 Å². The zero-order valence-electron chi connectivity index (χ0n) is 11.0. The Labute approximate surface area is 112 Å². The van der Waals surface area contributed by atoms with Crippen LogP contribution in [0, 0.1) is 6.92 Å². The standard InChI is InChI=1S/C13H16N2O3S/c1-8-5-4-6-10(7-8)11-12(15-18-13(11)14)9(2)19(3,16)17/h4-7,9H,14H2,1-3H3. The molecule has 0 spiro atoms. The number of nitrogens with two attached hydrogens (primary N) is 1. The number of aromatic nitrogens is 1. The fraction of sp³-hybridized carbons (Fsp3) is 0.308. The predicted molar refractivity (Wildman–Crippen MR) is 74.3 cm³/mol. The second kappa shape index (κ2) is 4.70. The summed E-state index contributed by atoms with van der Waals surface area (Å²) in [6, 6.07) is 7.61. The van der Waals surface area contributed by atoms with E-state index in [2.05, 4.69) is 5.16 Å². The van der Waals surface area contributed by atoms with E-state index < -0.39 is 15.1 Å². The van der Waals surface area contributed by atoms with Crippen molar-refractivity contribution in [3.63, 3.8) is 0 Å². The fourth-order valence-electron chi connectivity index (χ4n) is 1.89. The lowest BCUT2D eigenvalue weighted by molar-refractivity contribution is 0.427. The highest BCUT2D eigenvalue weighted by atomic mass is 32.2. The summed E-state index contributed by atoms with van der Waals surface area (Å²) in [5, 5.41) is 3.05. The molecular formula is C13H16N2O3S. The Kier molecular flexibility index (Phi) is 3.36. The first-order valence-electron chi connectivity index (χ1n) is 5.81. The summed E-state index contributed by atoms with van der Waals surface area (Å²) in [6.07, 6.45) is 1.17. The molecule has 0 saturated heterocycles. The van der Waals surface area contributed by atoms with E-state index in [-0.39, 0.29) is 5.88 Å². The molecule has 0 fully saturated rings. The summed E-state index contributed by atoms with van der Waals surface area (Å²) in [5.41, 5.74) is 8.55. The quantitative estimate of drug-likeness (QED) is 0.932. The summed E-state index contributed by atoms with van der Waals surface area (Å²) in [6.45, 7) is 3.53. The molecule has 102 valence electrons. The number of nitrogens with zero attached hydrogens (tertiary/aromatic N) is 1. The lowest BCUT2D eigenvalue weighted by Crippen LogP contribution is -2.09. The van der Waals surface area contributed by atoms with Crippen molar-refractivity contribution in [2.75, 3.05) is 12.0 Å². The van der Waals surface area contributed by atoms with Crippen LogP contribution in [0.5, 0.6) is 0 Å². The van der Waals surface area contributed by atoms with E-state index in [0.717, 1.165) is 11.1 Å². The Morgan fingerprint density at radius 1 is 1.37 bits per heavy atom. The van der Waals surface area contributed by atoms with Gasteiger partial charge >= 0.3 is 0 Å². The molecular weight excluding hydrogens is 264 g/mol. The van der Waals surface area contributed by atoms with Gasteiger partial charge in [-0.3, -0.25) is 0 Å². The number of sulfone groups is 1. The number of rotatable bonds is 3. The molecule has 19 heavy (non-hydrogen) atoms. The molecule has 2 aromatic rings. The van der Waals surface area contributed by atoms with E-state index in [1.807, 2.05) is 31.2 Å². The molecule has 1 aromatic heterocycles. The Balaban J connectivity index is 2.62. The van der Waals surface area contributed by atoms with E-state index in [0.29, 0.717) is 11.3 Å². The molecule has 6 heteroatoms. The van der Waals surface area contributed by atoms with Gasteiger partial charge in [0.1, 0.15) is 10.9 Å². The van der Waals surface area contributed by atoms with Crippen molar-refractivity contribution in [2.24, 2.45) is 0 Å². The Bertz CT molecular complexity index is 704. The molecule has 1 aromatic carbocycles. The first-order valence-corrected chi connectivity index (χ1v) is 7.77. The van der Waals surface area contributed by atoms with Crippen LogP contribution in [0.3, 0.4) is 0 Å². The van der Waals surface area contributed by atoms with E-state index in [9.17, 15) is 8.42 Å². The second-order valence-corrected chi connectivity index (χ2v) is 7.01. The molecule has 1 atom stereocenters. The van der Waals surface area contributed by atoms with E-state index in [4.69, 9.17) is 10.3 Å². The average Bonchev–Trinajstić information content (AvgIpc) is 2.68. The molecule has 0 amide bonds. The van der Waals surface area contributed by atoms with Crippen LogP contribution in [0.4, 0.5) is 5.88 Å². The monoisotopic (exact) mass is 280 g/mol. The Morgan fingerprint density at radius 2 is 2.05 bits per heavy atom. The van der Waals surface area contributed by atoms with Crippen molar-refractivity contribution in [1.29, 1.82) is 0 Å². The van der Waals surface area contributed by atoms with Crippen LogP contribution in [-0.4, -0.2) is 19.8 Å². The Morgan fingerprint density at radius 3 is 2.63 bits per heavy atom. The van der Waals surface area contributed by atoms with Crippen LogP contribution >= 0.6 is 0 Å². The lowest BCUT2D eigenvalue weighted by Gasteiger charge is -2.09. The van der Waals surface area contributed by atoms with Gasteiger partial charge in [0.15, 0.2) is 9.84 Å². The lowest BCUT2D eigenvalue weighted by atomic mass is 10.0. The normalized spacial score (nSPS) is 13.4. The van der Waals surface area contributed by atoms with Crippen LogP contribution in [0.25, 0.3) is 11.1 Å². The molecule has 1 unspecified atom stereocenters. The number of benzene rings is 1. The summed E-state index contributed by atoms with van der Waals surface area (Å²) in [7, 11) is -3.26. The fourth-order valence-corrected chi connectivity index (χ4v) is 2.45. The topological polar surface area (TPSA) is 86.2 Å². The molecule has 0 aliphatic rings. The summed E-state index contributed by atoms with van der Waals surface area (Å²) >= 11 is 0. The molecule has 0 saturated carbocycles. The van der Waals surface area contributed by atoms with Crippen molar-refractivity contribution in [3.05, 3.63) is 35.5 Å². The van der Waals surface area contributed by atoms with Crippen LogP contribution in [0.15, 0.2) is 28.8 Å². The molecule has 1 heterocycles. The first kappa shape index (κ1) is 13.6. The molecule has 0 aliphatic heterocycles. The van der Waals surface area contributed by atoms with E-state index in [1.165, 1.54) is 6.26 Å². The number of hydrogen-bond acceptors (Lipinski definition) is 5. The smallest absolute Gasteiger partial charge is 0.230 e. The van der Waals surface area contributed by atoms with Crippen molar-refractivity contribution in [3.8, 4) is 11.1 Å². The van der Waals surface area contributed by atoms with Gasteiger partial charge in [-0.25, -0.2) is 8.42 Å². The van der Waals surface area contributed by atoms with Gasteiger partial charge in [0.05, 0.1) is 5.56 Å². The zero-order chi connectivity index (χ0) is 14.2. The second-order valence-electron chi connectivity index (χ2n) is 4.65. The largest absolute Gasteiger partial charge is 0.367 e. The third kappa shape index (κ3) is 2.63. The summed E-state index contributed by atoms with van der Waals surface area (Å²) in [5.74, 6) is 0.135. The highest BCUT2D eigenvalue weighted by molar-refractivity contribution is 7.90. The van der Waals surface area contributed by atoms with Crippen molar-refractivity contribution in [1.82, 2.24) is 5.16 Å². The average molecular weight is 280 g/mol. The van der Waals surface area contributed by atoms with Gasteiger partial charge in [-0.05, 0) is 19.4 Å². The maximum Gasteiger partial charge on any atom is 0.230 e. The van der Waals surface area contributed by atoms with Gasteiger partial charge in [0, 0.05) is 6.26 Å². The molecule has 0 radical (unpaired) electrons. The summed E-state index contributed by atoms with van der Waals surface area (Å²) in [4.78, 5) is 0. The number of aryl methyl sites for hydroxylation is 1. The van der Waals surface area contributed by atoms with Crippen molar-refractivity contribution in [2.45, 2.75) is 19.1 Å². The molecule has 0 aliphatic carbocycles. The van der Waals surface area contributed by atoms with Gasteiger partial charge in [0.2, 0.25) is 5.88 Å². The number of nitrogen functional groups attached to an aromatic ring is 1. The van der Waals surface area contributed by atoms with Crippen molar-refractivity contribution >= 4 is 15.7 Å². The maximum absolute atomic E-state index is 11.7. The minimum atomic E-state index is -3.26. The van der Waals surface area contributed by atoms with Gasteiger partial charge in [0.25, 0.3) is 0 Å². The minimum absolute atomic E-state index is 0.135. The van der Waals surface area contributed by atoms with Gasteiger partial charge < -0.3 is 10.3 Å². The zero-order valence-corrected chi connectivity index (χ0v) is 11.9. The van der Waals surface area contributed by atoms with Gasteiger partial charge in [-0.2, -0.15) is 0 Å². The molecule has 2 N–H and O–H groups in total. The van der Waals surface area contributed by atoms with E-state index >= 15 is 0 Å². The van der Waals surface area contributed by atoms with Gasteiger partial charge in [-0.15, -0.1) is 0 Å². The van der Waals surface area contributed by atoms with Crippen molar-refractivity contribution < 1.29 is 12.9 Å². The number of hydrogen-bond donors (Lipinski definition) is 1. The molecule has 0 bridgehead atoms. The van der Waals surface area contributed by atoms with Crippen LogP contribution in [0.1, 0.15) is 23.4 Å². The molecule has 5 nitrogen and oxygen atoms in total. The predicted octanol–water partition coefficient (Wildman–Crippen LogP) is 2.34. The van der Waals surface area contributed by atoms with Gasteiger partial charge in [-0.1, -0.05) is 35.0 Å². The SMILES string of the molecule is Cc1cccc(-c2c(C(C)S(C)(=O)=O)noc2N)c1. The van der Waals surface area contributed by atoms with Crippen LogP contribution in [0.2, 0.25) is 0 Å². The van der Waals surface area contributed by atoms with Crippen LogP contribution < -0.4 is 5.73 Å². The maximum atomic E-state index is 11.7.